The fourth-order valence-corrected chi connectivity index (χ4v) is 4.22. The van der Waals surface area contributed by atoms with Gasteiger partial charge >= 0.3 is 0 Å². The van der Waals surface area contributed by atoms with Crippen molar-refractivity contribution in [2.75, 3.05) is 6.26 Å². The Hall–Kier alpha value is -0.290. The number of thioether (sulfide) groups is 1. The van der Waals surface area contributed by atoms with Gasteiger partial charge in [-0.2, -0.15) is 0 Å². The Labute approximate surface area is 118 Å². The van der Waals surface area contributed by atoms with E-state index in [2.05, 4.69) is 15.9 Å². The predicted octanol–water partition coefficient (Wildman–Crippen LogP) is 4.62. The summed E-state index contributed by atoms with van der Waals surface area (Å²) in [7, 11) is 0. The van der Waals surface area contributed by atoms with E-state index in [0.717, 1.165) is 19.8 Å². The minimum Gasteiger partial charge on any atom is -0.383 e. The minimum absolute atomic E-state index is 0.549. The molecule has 1 N–H and O–H groups in total. The maximum absolute atomic E-state index is 10.5. The van der Waals surface area contributed by atoms with E-state index in [0.29, 0.717) is 0 Å². The van der Waals surface area contributed by atoms with Gasteiger partial charge in [-0.3, -0.25) is 0 Å². The third-order valence-electron chi connectivity index (χ3n) is 2.52. The molecular formula is C13H13BrOS2. The first-order chi connectivity index (χ1) is 8.13. The fourth-order valence-electron chi connectivity index (χ4n) is 1.72. The molecule has 1 unspecified atom stereocenters. The van der Waals surface area contributed by atoms with E-state index < -0.39 is 6.10 Å². The van der Waals surface area contributed by atoms with Gasteiger partial charge in [-0.1, -0.05) is 18.2 Å². The first-order valence-corrected chi connectivity index (χ1v) is 8.03. The molecule has 0 amide bonds. The molecule has 0 aliphatic carbocycles. The number of aliphatic hydroxyl groups is 1. The van der Waals surface area contributed by atoms with Crippen LogP contribution < -0.4 is 0 Å². The van der Waals surface area contributed by atoms with Crippen molar-refractivity contribution in [1.29, 1.82) is 0 Å². The highest BCUT2D eigenvalue weighted by molar-refractivity contribution is 9.10. The van der Waals surface area contributed by atoms with E-state index in [1.807, 2.05) is 43.5 Å². The predicted molar refractivity (Wildman–Crippen MR) is 79.0 cm³/mol. The van der Waals surface area contributed by atoms with Crippen molar-refractivity contribution in [3.63, 3.8) is 0 Å². The van der Waals surface area contributed by atoms with E-state index in [1.165, 1.54) is 4.88 Å². The number of halogens is 1. The van der Waals surface area contributed by atoms with Crippen LogP contribution in [0, 0.1) is 6.92 Å². The Bertz CT molecular complexity index is 522. The molecule has 0 aliphatic heterocycles. The Kier molecular flexibility index (Phi) is 4.31. The average Bonchev–Trinajstić information content (AvgIpc) is 2.67. The first kappa shape index (κ1) is 13.1. The maximum Gasteiger partial charge on any atom is 0.115 e. The van der Waals surface area contributed by atoms with Crippen molar-refractivity contribution in [1.82, 2.24) is 0 Å². The van der Waals surface area contributed by atoms with E-state index in [1.54, 1.807) is 23.1 Å². The lowest BCUT2D eigenvalue weighted by atomic mass is 10.1. The van der Waals surface area contributed by atoms with Crippen LogP contribution in [-0.2, 0) is 0 Å². The van der Waals surface area contributed by atoms with Gasteiger partial charge in [0.25, 0.3) is 0 Å². The van der Waals surface area contributed by atoms with Gasteiger partial charge in [-0.05, 0) is 46.8 Å². The molecule has 0 saturated heterocycles. The van der Waals surface area contributed by atoms with Crippen LogP contribution in [0.3, 0.4) is 0 Å². The average molecular weight is 329 g/mol. The quantitative estimate of drug-likeness (QED) is 0.829. The third-order valence-corrected chi connectivity index (χ3v) is 5.35. The summed E-state index contributed by atoms with van der Waals surface area (Å²) in [5, 5.41) is 10.5. The molecule has 1 aromatic carbocycles. The minimum atomic E-state index is -0.549. The molecule has 0 bridgehead atoms. The van der Waals surface area contributed by atoms with Crippen LogP contribution in [0.25, 0.3) is 0 Å². The summed E-state index contributed by atoms with van der Waals surface area (Å²) < 4.78 is 0.989. The van der Waals surface area contributed by atoms with Crippen LogP contribution in [0.1, 0.15) is 21.4 Å². The van der Waals surface area contributed by atoms with E-state index in [9.17, 15) is 5.11 Å². The highest BCUT2D eigenvalue weighted by Gasteiger charge is 2.18. The molecule has 0 aliphatic rings. The molecule has 17 heavy (non-hydrogen) atoms. The van der Waals surface area contributed by atoms with Crippen LogP contribution in [0.5, 0.6) is 0 Å². The lowest BCUT2D eigenvalue weighted by molar-refractivity contribution is 0.220. The summed E-state index contributed by atoms with van der Waals surface area (Å²) >= 11 is 6.80. The molecule has 1 aromatic heterocycles. The van der Waals surface area contributed by atoms with Gasteiger partial charge in [0.05, 0.1) is 4.88 Å². The molecule has 0 radical (unpaired) electrons. The Balaban J connectivity index is 2.43. The molecule has 1 atom stereocenters. The largest absolute Gasteiger partial charge is 0.383 e. The van der Waals surface area contributed by atoms with Gasteiger partial charge in [0, 0.05) is 14.2 Å². The molecule has 0 fully saturated rings. The summed E-state index contributed by atoms with van der Waals surface area (Å²) in [5.74, 6) is 0. The third kappa shape index (κ3) is 2.76. The molecule has 2 aromatic rings. The van der Waals surface area contributed by atoms with Crippen LogP contribution >= 0.6 is 39.0 Å². The topological polar surface area (TPSA) is 20.2 Å². The number of aliphatic hydroxyl groups excluding tert-OH is 1. The van der Waals surface area contributed by atoms with Gasteiger partial charge < -0.3 is 5.11 Å². The smallest absolute Gasteiger partial charge is 0.115 e. The molecular weight excluding hydrogens is 316 g/mol. The Morgan fingerprint density at radius 3 is 2.65 bits per heavy atom. The summed E-state index contributed by atoms with van der Waals surface area (Å²) in [6.45, 7) is 2.05. The first-order valence-electron chi connectivity index (χ1n) is 5.20. The molecule has 1 heterocycles. The molecule has 1 nitrogen and oxygen atoms in total. The van der Waals surface area contributed by atoms with Gasteiger partial charge in [-0.25, -0.2) is 0 Å². The van der Waals surface area contributed by atoms with Gasteiger partial charge in [0.15, 0.2) is 0 Å². The van der Waals surface area contributed by atoms with Crippen molar-refractivity contribution in [3.05, 3.63) is 50.1 Å². The SMILES string of the molecule is CSc1ccccc1C(O)c1sc(C)cc1Br. The van der Waals surface area contributed by atoms with Gasteiger partial charge in [0.1, 0.15) is 6.10 Å². The van der Waals surface area contributed by atoms with Crippen LogP contribution in [0.2, 0.25) is 0 Å². The van der Waals surface area contributed by atoms with Gasteiger partial charge in [-0.15, -0.1) is 23.1 Å². The van der Waals surface area contributed by atoms with Crippen molar-refractivity contribution in [2.45, 2.75) is 17.9 Å². The van der Waals surface area contributed by atoms with Crippen molar-refractivity contribution >= 4 is 39.0 Å². The number of rotatable bonds is 3. The van der Waals surface area contributed by atoms with Gasteiger partial charge in [0.2, 0.25) is 0 Å². The second-order valence-electron chi connectivity index (χ2n) is 3.71. The molecule has 0 saturated carbocycles. The zero-order chi connectivity index (χ0) is 12.4. The maximum atomic E-state index is 10.5. The Morgan fingerprint density at radius 2 is 2.06 bits per heavy atom. The van der Waals surface area contributed by atoms with E-state index in [4.69, 9.17) is 0 Å². The standard InChI is InChI=1S/C13H13BrOS2/c1-8-7-10(14)13(17-8)12(15)9-5-3-4-6-11(9)16-2/h3-7,12,15H,1-2H3. The van der Waals surface area contributed by atoms with Crippen molar-refractivity contribution in [2.24, 2.45) is 0 Å². The Morgan fingerprint density at radius 1 is 1.35 bits per heavy atom. The van der Waals surface area contributed by atoms with Crippen molar-refractivity contribution < 1.29 is 5.11 Å². The number of hydrogen-bond acceptors (Lipinski definition) is 3. The summed E-state index contributed by atoms with van der Waals surface area (Å²) in [6.07, 6.45) is 1.48. The molecule has 90 valence electrons. The lowest BCUT2D eigenvalue weighted by Crippen LogP contribution is -1.99. The van der Waals surface area contributed by atoms with E-state index >= 15 is 0 Å². The number of hydrogen-bond donors (Lipinski definition) is 1. The number of benzene rings is 1. The summed E-state index contributed by atoms with van der Waals surface area (Å²) in [4.78, 5) is 3.30. The normalized spacial score (nSPS) is 12.7. The monoisotopic (exact) mass is 328 g/mol. The zero-order valence-electron chi connectivity index (χ0n) is 9.61. The second kappa shape index (κ2) is 5.57. The molecule has 2 rings (SSSR count). The van der Waals surface area contributed by atoms with Crippen LogP contribution in [-0.4, -0.2) is 11.4 Å². The summed E-state index contributed by atoms with van der Waals surface area (Å²) in [6, 6.07) is 10.0. The summed E-state index contributed by atoms with van der Waals surface area (Å²) in [5.41, 5.74) is 0.975. The number of thiophene rings is 1. The van der Waals surface area contributed by atoms with Crippen LogP contribution in [0.4, 0.5) is 0 Å². The zero-order valence-corrected chi connectivity index (χ0v) is 12.8. The van der Waals surface area contributed by atoms with E-state index in [-0.39, 0.29) is 0 Å². The second-order valence-corrected chi connectivity index (χ2v) is 6.70. The molecule has 4 heteroatoms. The number of aryl methyl sites for hydroxylation is 1. The fraction of sp³-hybridized carbons (Fsp3) is 0.231. The van der Waals surface area contributed by atoms with Crippen LogP contribution in [0.15, 0.2) is 39.7 Å². The highest BCUT2D eigenvalue weighted by atomic mass is 79.9. The lowest BCUT2D eigenvalue weighted by Gasteiger charge is -2.13. The molecule has 0 spiro atoms. The van der Waals surface area contributed by atoms with Crippen molar-refractivity contribution in [3.8, 4) is 0 Å². The highest BCUT2D eigenvalue weighted by Crippen LogP contribution is 2.38.